The molecule has 1 N–H and O–H groups in total. The molecule has 100 valence electrons. The van der Waals surface area contributed by atoms with E-state index in [1.54, 1.807) is 0 Å². The van der Waals surface area contributed by atoms with Crippen LogP contribution in [0.5, 0.6) is 0 Å². The molecular weight excluding hydrogens is 220 g/mol. The first-order valence-electron chi connectivity index (χ1n) is 7.30. The van der Waals surface area contributed by atoms with Crippen LogP contribution < -0.4 is 5.32 Å². The van der Waals surface area contributed by atoms with Crippen molar-refractivity contribution < 1.29 is 0 Å². The first-order chi connectivity index (χ1) is 8.77. The van der Waals surface area contributed by atoms with E-state index in [4.69, 9.17) is 0 Å². The number of likely N-dealkylation sites (tertiary alicyclic amines) is 1. The molecule has 0 bridgehead atoms. The van der Waals surface area contributed by atoms with Crippen LogP contribution >= 0.6 is 0 Å². The Morgan fingerprint density at radius 2 is 1.72 bits per heavy atom. The minimum Gasteiger partial charge on any atom is -0.313 e. The van der Waals surface area contributed by atoms with Crippen LogP contribution in [-0.2, 0) is 0 Å². The highest BCUT2D eigenvalue weighted by Crippen LogP contribution is 2.24. The fraction of sp³-hybridized carbons (Fsp3) is 0.625. The molecule has 1 atom stereocenters. The summed E-state index contributed by atoms with van der Waals surface area (Å²) in [6.45, 7) is 8.00. The van der Waals surface area contributed by atoms with Gasteiger partial charge in [-0.1, -0.05) is 50.6 Å². The summed E-state index contributed by atoms with van der Waals surface area (Å²) < 4.78 is 0. The molecular formula is C16H26N2. The molecule has 2 heteroatoms. The minimum absolute atomic E-state index is 0.536. The fourth-order valence-electron chi connectivity index (χ4n) is 2.71. The maximum atomic E-state index is 3.60. The molecule has 0 aliphatic carbocycles. The molecule has 1 heterocycles. The molecule has 0 spiro atoms. The van der Waals surface area contributed by atoms with E-state index >= 15 is 0 Å². The largest absolute Gasteiger partial charge is 0.313 e. The van der Waals surface area contributed by atoms with Crippen LogP contribution in [0.4, 0.5) is 0 Å². The van der Waals surface area contributed by atoms with Gasteiger partial charge in [0.2, 0.25) is 0 Å². The average molecular weight is 246 g/mol. The van der Waals surface area contributed by atoms with E-state index in [1.807, 2.05) is 0 Å². The second-order valence-corrected chi connectivity index (χ2v) is 5.59. The maximum absolute atomic E-state index is 3.60. The van der Waals surface area contributed by atoms with Crippen LogP contribution in [0.15, 0.2) is 30.3 Å². The molecule has 0 saturated carbocycles. The number of nitrogens with one attached hydrogen (secondary N) is 1. The Hall–Kier alpha value is -0.860. The zero-order valence-electron chi connectivity index (χ0n) is 11.7. The average Bonchev–Trinajstić information content (AvgIpc) is 2.41. The molecule has 18 heavy (non-hydrogen) atoms. The molecule has 0 aromatic heterocycles. The Morgan fingerprint density at radius 1 is 1.06 bits per heavy atom. The lowest BCUT2D eigenvalue weighted by Gasteiger charge is -2.35. The standard InChI is InChI=1S/C16H26N2/c1-14(2)17-13-16(15-9-5-3-6-10-15)18-11-7-4-8-12-18/h3,5-6,9-10,14,16-17H,4,7-8,11-13H2,1-2H3. The van der Waals surface area contributed by atoms with Crippen molar-refractivity contribution in [3.8, 4) is 0 Å². The number of benzene rings is 1. The Kier molecular flexibility index (Phi) is 5.21. The van der Waals surface area contributed by atoms with Crippen molar-refractivity contribution in [2.45, 2.75) is 45.2 Å². The first kappa shape index (κ1) is 13.6. The van der Waals surface area contributed by atoms with E-state index in [0.717, 1.165) is 6.54 Å². The van der Waals surface area contributed by atoms with Crippen LogP contribution in [0.3, 0.4) is 0 Å². The Morgan fingerprint density at radius 3 is 2.33 bits per heavy atom. The number of hydrogen-bond donors (Lipinski definition) is 1. The smallest absolute Gasteiger partial charge is 0.0472 e. The van der Waals surface area contributed by atoms with Crippen molar-refractivity contribution in [1.29, 1.82) is 0 Å². The van der Waals surface area contributed by atoms with Gasteiger partial charge in [0, 0.05) is 18.6 Å². The van der Waals surface area contributed by atoms with Gasteiger partial charge < -0.3 is 5.32 Å². The van der Waals surface area contributed by atoms with Gasteiger partial charge in [-0.15, -0.1) is 0 Å². The van der Waals surface area contributed by atoms with Crippen LogP contribution in [0.25, 0.3) is 0 Å². The molecule has 2 rings (SSSR count). The van der Waals surface area contributed by atoms with E-state index in [-0.39, 0.29) is 0 Å². The molecule has 1 aliphatic heterocycles. The zero-order valence-corrected chi connectivity index (χ0v) is 11.7. The van der Waals surface area contributed by atoms with Crippen LogP contribution in [0.2, 0.25) is 0 Å². The van der Waals surface area contributed by atoms with Crippen molar-refractivity contribution in [3.05, 3.63) is 35.9 Å². The van der Waals surface area contributed by atoms with Crippen molar-refractivity contribution in [2.75, 3.05) is 19.6 Å². The van der Waals surface area contributed by atoms with Crippen molar-refractivity contribution >= 4 is 0 Å². The monoisotopic (exact) mass is 246 g/mol. The summed E-state index contributed by atoms with van der Waals surface area (Å²) in [7, 11) is 0. The van der Waals surface area contributed by atoms with E-state index in [1.165, 1.54) is 37.9 Å². The van der Waals surface area contributed by atoms with Crippen molar-refractivity contribution in [2.24, 2.45) is 0 Å². The Bertz CT molecular complexity index is 328. The second kappa shape index (κ2) is 6.91. The van der Waals surface area contributed by atoms with Crippen molar-refractivity contribution in [3.63, 3.8) is 0 Å². The summed E-state index contributed by atoms with van der Waals surface area (Å²) in [5.74, 6) is 0. The maximum Gasteiger partial charge on any atom is 0.0472 e. The predicted molar refractivity (Wildman–Crippen MR) is 77.7 cm³/mol. The quantitative estimate of drug-likeness (QED) is 0.858. The zero-order chi connectivity index (χ0) is 12.8. The van der Waals surface area contributed by atoms with E-state index in [2.05, 4.69) is 54.4 Å². The van der Waals surface area contributed by atoms with Gasteiger partial charge in [-0.25, -0.2) is 0 Å². The molecule has 2 nitrogen and oxygen atoms in total. The number of piperidine rings is 1. The molecule has 1 aliphatic rings. The number of hydrogen-bond acceptors (Lipinski definition) is 2. The summed E-state index contributed by atoms with van der Waals surface area (Å²) in [5.41, 5.74) is 1.45. The molecule has 1 aromatic carbocycles. The second-order valence-electron chi connectivity index (χ2n) is 5.59. The van der Waals surface area contributed by atoms with Gasteiger partial charge in [-0.2, -0.15) is 0 Å². The highest BCUT2D eigenvalue weighted by atomic mass is 15.2. The van der Waals surface area contributed by atoms with Gasteiger partial charge >= 0.3 is 0 Å². The third-order valence-corrected chi connectivity index (χ3v) is 3.74. The highest BCUT2D eigenvalue weighted by Gasteiger charge is 2.21. The van der Waals surface area contributed by atoms with Crippen LogP contribution in [0.1, 0.15) is 44.7 Å². The first-order valence-corrected chi connectivity index (χ1v) is 7.30. The molecule has 1 aromatic rings. The lowest BCUT2D eigenvalue weighted by molar-refractivity contribution is 0.158. The predicted octanol–water partition coefficient (Wildman–Crippen LogP) is 3.21. The summed E-state index contributed by atoms with van der Waals surface area (Å²) in [6.07, 6.45) is 4.10. The third-order valence-electron chi connectivity index (χ3n) is 3.74. The summed E-state index contributed by atoms with van der Waals surface area (Å²) >= 11 is 0. The molecule has 1 unspecified atom stereocenters. The fourth-order valence-corrected chi connectivity index (χ4v) is 2.71. The number of rotatable bonds is 5. The van der Waals surface area contributed by atoms with Gasteiger partial charge in [0.05, 0.1) is 0 Å². The van der Waals surface area contributed by atoms with E-state index in [9.17, 15) is 0 Å². The summed E-state index contributed by atoms with van der Waals surface area (Å²) in [4.78, 5) is 2.65. The molecule has 1 saturated heterocycles. The van der Waals surface area contributed by atoms with Gasteiger partial charge in [0.25, 0.3) is 0 Å². The molecule has 1 fully saturated rings. The minimum atomic E-state index is 0.536. The van der Waals surface area contributed by atoms with Crippen LogP contribution in [-0.4, -0.2) is 30.6 Å². The molecule has 0 amide bonds. The summed E-state index contributed by atoms with van der Waals surface area (Å²) in [6, 6.07) is 12.0. The van der Waals surface area contributed by atoms with Crippen LogP contribution in [0, 0.1) is 0 Å². The Balaban J connectivity index is 2.06. The Labute approximate surface area is 111 Å². The van der Waals surface area contributed by atoms with Gasteiger partial charge in [0.1, 0.15) is 0 Å². The highest BCUT2D eigenvalue weighted by molar-refractivity contribution is 5.19. The van der Waals surface area contributed by atoms with Gasteiger partial charge in [0.15, 0.2) is 0 Å². The molecule has 0 radical (unpaired) electrons. The lowest BCUT2D eigenvalue weighted by Crippen LogP contribution is -2.40. The number of nitrogens with zero attached hydrogens (tertiary/aromatic N) is 1. The van der Waals surface area contributed by atoms with Crippen molar-refractivity contribution in [1.82, 2.24) is 10.2 Å². The SMILES string of the molecule is CC(C)NCC(c1ccccc1)N1CCCCC1. The summed E-state index contributed by atoms with van der Waals surface area (Å²) in [5, 5.41) is 3.60. The van der Waals surface area contributed by atoms with Gasteiger partial charge in [-0.05, 0) is 31.5 Å². The normalized spacial score (nSPS) is 19.1. The topological polar surface area (TPSA) is 15.3 Å². The van der Waals surface area contributed by atoms with Gasteiger partial charge in [-0.3, -0.25) is 4.90 Å². The van der Waals surface area contributed by atoms with E-state index in [0.29, 0.717) is 12.1 Å². The lowest BCUT2D eigenvalue weighted by atomic mass is 10.0. The third kappa shape index (κ3) is 3.82. The van der Waals surface area contributed by atoms with E-state index < -0.39 is 0 Å².